The third-order valence-electron chi connectivity index (χ3n) is 2.36. The van der Waals surface area contributed by atoms with Crippen LogP contribution in [0.5, 0.6) is 5.75 Å². The molecule has 1 N–H and O–H groups in total. The van der Waals surface area contributed by atoms with Gasteiger partial charge in [-0.3, -0.25) is 4.79 Å². The lowest BCUT2D eigenvalue weighted by Crippen LogP contribution is -1.97. The maximum Gasteiger partial charge on any atom is 0.311 e. The number of carboxylic acids is 1. The standard InChI is InChI=1S/C13H12O4/c1-16-10-4-2-9(3-5-10)12-7-6-11(17-12)8-13(14)15/h2-7H,8H2,1H3,(H,14,15). The molecule has 17 heavy (non-hydrogen) atoms. The van der Waals surface area contributed by atoms with Crippen molar-refractivity contribution in [3.05, 3.63) is 42.2 Å². The van der Waals surface area contributed by atoms with Crippen molar-refractivity contribution < 1.29 is 19.1 Å². The quantitative estimate of drug-likeness (QED) is 0.880. The number of carbonyl (C=O) groups is 1. The summed E-state index contributed by atoms with van der Waals surface area (Å²) in [6.07, 6.45) is -0.101. The van der Waals surface area contributed by atoms with Crippen molar-refractivity contribution in [3.8, 4) is 17.1 Å². The number of hydrogen-bond acceptors (Lipinski definition) is 3. The Morgan fingerprint density at radius 1 is 1.24 bits per heavy atom. The van der Waals surface area contributed by atoms with Crippen molar-refractivity contribution >= 4 is 5.97 Å². The minimum atomic E-state index is -0.902. The Morgan fingerprint density at radius 2 is 1.94 bits per heavy atom. The highest BCUT2D eigenvalue weighted by Gasteiger charge is 2.07. The summed E-state index contributed by atoms with van der Waals surface area (Å²) in [5.41, 5.74) is 0.891. The molecular formula is C13H12O4. The van der Waals surface area contributed by atoms with Gasteiger partial charge in [0.25, 0.3) is 0 Å². The van der Waals surface area contributed by atoms with Gasteiger partial charge in [-0.15, -0.1) is 0 Å². The Balaban J connectivity index is 2.21. The van der Waals surface area contributed by atoms with Crippen molar-refractivity contribution in [1.29, 1.82) is 0 Å². The highest BCUT2D eigenvalue weighted by atomic mass is 16.5. The van der Waals surface area contributed by atoms with E-state index in [1.54, 1.807) is 19.2 Å². The van der Waals surface area contributed by atoms with E-state index >= 15 is 0 Å². The van der Waals surface area contributed by atoms with Gasteiger partial charge in [0.15, 0.2) is 0 Å². The van der Waals surface area contributed by atoms with Crippen molar-refractivity contribution in [2.45, 2.75) is 6.42 Å². The molecule has 4 nitrogen and oxygen atoms in total. The predicted molar refractivity (Wildman–Crippen MR) is 62.0 cm³/mol. The minimum Gasteiger partial charge on any atom is -0.497 e. The maximum atomic E-state index is 10.5. The molecule has 0 aliphatic carbocycles. The van der Waals surface area contributed by atoms with Crippen LogP contribution in [0, 0.1) is 0 Å². The first-order valence-electron chi connectivity index (χ1n) is 5.14. The van der Waals surface area contributed by atoms with E-state index < -0.39 is 5.97 Å². The van der Waals surface area contributed by atoms with Gasteiger partial charge in [0, 0.05) is 5.56 Å². The molecule has 0 unspecified atom stereocenters. The van der Waals surface area contributed by atoms with Crippen LogP contribution in [0.15, 0.2) is 40.8 Å². The Hall–Kier alpha value is -2.23. The first-order chi connectivity index (χ1) is 8.19. The number of rotatable bonds is 4. The molecule has 0 aliphatic heterocycles. The van der Waals surface area contributed by atoms with Gasteiger partial charge in [0.1, 0.15) is 23.7 Å². The second kappa shape index (κ2) is 4.74. The SMILES string of the molecule is COc1ccc(-c2ccc(CC(=O)O)o2)cc1. The number of carboxylic acid groups (broad SMARTS) is 1. The van der Waals surface area contributed by atoms with Gasteiger partial charge in [-0.25, -0.2) is 0 Å². The molecule has 0 saturated heterocycles. The Labute approximate surface area is 98.4 Å². The summed E-state index contributed by atoms with van der Waals surface area (Å²) in [6.45, 7) is 0. The fourth-order valence-corrected chi connectivity index (χ4v) is 1.53. The number of benzene rings is 1. The second-order valence-electron chi connectivity index (χ2n) is 3.56. The third kappa shape index (κ3) is 2.66. The number of aliphatic carboxylic acids is 1. The molecule has 1 aromatic carbocycles. The van der Waals surface area contributed by atoms with Crippen molar-refractivity contribution in [2.75, 3.05) is 7.11 Å². The van der Waals surface area contributed by atoms with E-state index in [9.17, 15) is 4.79 Å². The fourth-order valence-electron chi connectivity index (χ4n) is 1.53. The molecule has 0 spiro atoms. The van der Waals surface area contributed by atoms with Crippen LogP contribution in [0.2, 0.25) is 0 Å². The van der Waals surface area contributed by atoms with Gasteiger partial charge in [-0.05, 0) is 36.4 Å². The zero-order chi connectivity index (χ0) is 12.3. The molecule has 4 heteroatoms. The lowest BCUT2D eigenvalue weighted by molar-refractivity contribution is -0.136. The normalized spacial score (nSPS) is 10.2. The van der Waals surface area contributed by atoms with Crippen LogP contribution in [-0.2, 0) is 11.2 Å². The van der Waals surface area contributed by atoms with Crippen LogP contribution in [-0.4, -0.2) is 18.2 Å². The first kappa shape index (κ1) is 11.3. The van der Waals surface area contributed by atoms with Gasteiger partial charge >= 0.3 is 5.97 Å². The van der Waals surface area contributed by atoms with E-state index in [-0.39, 0.29) is 6.42 Å². The zero-order valence-electron chi connectivity index (χ0n) is 9.34. The van der Waals surface area contributed by atoms with Crippen molar-refractivity contribution in [3.63, 3.8) is 0 Å². The van der Waals surface area contributed by atoms with Gasteiger partial charge in [-0.1, -0.05) is 0 Å². The van der Waals surface area contributed by atoms with Crippen LogP contribution in [0.1, 0.15) is 5.76 Å². The largest absolute Gasteiger partial charge is 0.497 e. The zero-order valence-corrected chi connectivity index (χ0v) is 9.34. The average molecular weight is 232 g/mol. The lowest BCUT2D eigenvalue weighted by Gasteiger charge is -2.00. The summed E-state index contributed by atoms with van der Waals surface area (Å²) in [7, 11) is 1.60. The van der Waals surface area contributed by atoms with Crippen molar-refractivity contribution in [2.24, 2.45) is 0 Å². The molecular weight excluding hydrogens is 220 g/mol. The monoisotopic (exact) mass is 232 g/mol. The smallest absolute Gasteiger partial charge is 0.311 e. The summed E-state index contributed by atoms with van der Waals surface area (Å²) >= 11 is 0. The van der Waals surface area contributed by atoms with Crippen molar-refractivity contribution in [1.82, 2.24) is 0 Å². The number of ether oxygens (including phenoxy) is 1. The highest BCUT2D eigenvalue weighted by Crippen LogP contribution is 2.24. The van der Waals surface area contributed by atoms with E-state index in [2.05, 4.69) is 0 Å². The van der Waals surface area contributed by atoms with Crippen LogP contribution in [0.25, 0.3) is 11.3 Å². The highest BCUT2D eigenvalue weighted by molar-refractivity contribution is 5.70. The minimum absolute atomic E-state index is 0.101. The molecule has 0 amide bonds. The lowest BCUT2D eigenvalue weighted by atomic mass is 10.2. The molecule has 88 valence electrons. The fraction of sp³-hybridized carbons (Fsp3) is 0.154. The molecule has 1 aromatic heterocycles. The van der Waals surface area contributed by atoms with Crippen LogP contribution in [0.4, 0.5) is 0 Å². The molecule has 0 fully saturated rings. The second-order valence-corrected chi connectivity index (χ2v) is 3.56. The molecule has 0 aliphatic rings. The average Bonchev–Trinajstić information content (AvgIpc) is 2.77. The Bertz CT molecular complexity index is 510. The van der Waals surface area contributed by atoms with Gasteiger partial charge < -0.3 is 14.3 Å². The van der Waals surface area contributed by atoms with Gasteiger partial charge in [0.2, 0.25) is 0 Å². The van der Waals surface area contributed by atoms with E-state index in [1.807, 2.05) is 24.3 Å². The molecule has 1 heterocycles. The summed E-state index contributed by atoms with van der Waals surface area (Å²) in [4.78, 5) is 10.5. The number of methoxy groups -OCH3 is 1. The number of furan rings is 1. The molecule has 0 bridgehead atoms. The Kier molecular flexibility index (Phi) is 3.14. The molecule has 2 aromatic rings. The van der Waals surface area contributed by atoms with E-state index in [0.717, 1.165) is 11.3 Å². The predicted octanol–water partition coefficient (Wildman–Crippen LogP) is 2.58. The van der Waals surface area contributed by atoms with Crippen LogP contribution < -0.4 is 4.74 Å². The van der Waals surface area contributed by atoms with Gasteiger partial charge in [0.05, 0.1) is 7.11 Å². The maximum absolute atomic E-state index is 10.5. The van der Waals surface area contributed by atoms with Crippen LogP contribution >= 0.6 is 0 Å². The van der Waals surface area contributed by atoms with Crippen LogP contribution in [0.3, 0.4) is 0 Å². The third-order valence-corrected chi connectivity index (χ3v) is 2.36. The van der Waals surface area contributed by atoms with Gasteiger partial charge in [-0.2, -0.15) is 0 Å². The number of hydrogen-bond donors (Lipinski definition) is 1. The Morgan fingerprint density at radius 3 is 2.53 bits per heavy atom. The first-order valence-corrected chi connectivity index (χ1v) is 5.14. The molecule has 0 radical (unpaired) electrons. The molecule has 0 saturated carbocycles. The topological polar surface area (TPSA) is 59.7 Å². The van der Waals surface area contributed by atoms with E-state index in [1.165, 1.54) is 0 Å². The van der Waals surface area contributed by atoms with E-state index in [4.69, 9.17) is 14.3 Å². The van der Waals surface area contributed by atoms with E-state index in [0.29, 0.717) is 11.5 Å². The molecule has 2 rings (SSSR count). The summed E-state index contributed by atoms with van der Waals surface area (Å²) in [5.74, 6) is 0.971. The summed E-state index contributed by atoms with van der Waals surface area (Å²) < 4.78 is 10.5. The molecule has 0 atom stereocenters. The summed E-state index contributed by atoms with van der Waals surface area (Å²) in [5, 5.41) is 8.64. The summed E-state index contributed by atoms with van der Waals surface area (Å²) in [6, 6.07) is 10.8.